The molecule has 118 valence electrons. The second-order valence-corrected chi connectivity index (χ2v) is 6.81. The first-order chi connectivity index (χ1) is 10.4. The molecular formula is C17H22N2O2S. The van der Waals surface area contributed by atoms with Crippen molar-refractivity contribution in [1.29, 1.82) is 0 Å². The average molecular weight is 318 g/mol. The highest BCUT2D eigenvalue weighted by Gasteiger charge is 2.28. The Morgan fingerprint density at radius 2 is 2.00 bits per heavy atom. The number of carbonyl (C=O) groups is 1. The molecule has 0 fully saturated rings. The van der Waals surface area contributed by atoms with E-state index in [2.05, 4.69) is 36.3 Å². The molecule has 0 radical (unpaired) electrons. The Morgan fingerprint density at radius 3 is 2.50 bits per heavy atom. The van der Waals surface area contributed by atoms with E-state index in [4.69, 9.17) is 0 Å². The summed E-state index contributed by atoms with van der Waals surface area (Å²) in [4.78, 5) is 16.2. The third kappa shape index (κ3) is 3.53. The molecule has 0 bridgehead atoms. The number of hydrogen-bond acceptors (Lipinski definition) is 4. The highest BCUT2D eigenvalue weighted by Crippen LogP contribution is 2.32. The standard InChI is InChI=1S/C17H22N2O2S/c1-5-22-17-18-11(4)14(16(20)21)15(19-17)13-8-6-12(7-9-13)10(2)3/h6-10,15H,5H2,1-4H3,(H,18,19)(H,20,21). The van der Waals surface area contributed by atoms with Crippen LogP contribution >= 0.6 is 11.8 Å². The van der Waals surface area contributed by atoms with E-state index in [0.29, 0.717) is 17.2 Å². The van der Waals surface area contributed by atoms with Gasteiger partial charge in [0.25, 0.3) is 0 Å². The predicted molar refractivity (Wildman–Crippen MR) is 92.3 cm³/mol. The maximum Gasteiger partial charge on any atom is 0.335 e. The molecule has 4 nitrogen and oxygen atoms in total. The second-order valence-electron chi connectivity index (χ2n) is 5.56. The highest BCUT2D eigenvalue weighted by molar-refractivity contribution is 8.13. The van der Waals surface area contributed by atoms with Gasteiger partial charge in [-0.05, 0) is 29.7 Å². The summed E-state index contributed by atoms with van der Waals surface area (Å²) in [6.07, 6.45) is 0. The molecule has 0 saturated carbocycles. The molecule has 5 heteroatoms. The number of benzene rings is 1. The zero-order valence-electron chi connectivity index (χ0n) is 13.4. The molecule has 0 aliphatic carbocycles. The minimum absolute atomic E-state index is 0.317. The largest absolute Gasteiger partial charge is 0.478 e. The quantitative estimate of drug-likeness (QED) is 0.883. The Hall–Kier alpha value is -1.75. The van der Waals surface area contributed by atoms with Crippen molar-refractivity contribution in [2.45, 2.75) is 39.7 Å². The van der Waals surface area contributed by atoms with E-state index in [9.17, 15) is 9.90 Å². The van der Waals surface area contributed by atoms with Gasteiger partial charge in [0.2, 0.25) is 0 Å². The van der Waals surface area contributed by atoms with Crippen LogP contribution in [0.4, 0.5) is 0 Å². The van der Waals surface area contributed by atoms with E-state index in [0.717, 1.165) is 16.5 Å². The number of amidine groups is 1. The number of carboxylic acids is 1. The van der Waals surface area contributed by atoms with Crippen LogP contribution in [0.3, 0.4) is 0 Å². The van der Waals surface area contributed by atoms with Crippen LogP contribution in [-0.2, 0) is 4.79 Å². The monoisotopic (exact) mass is 318 g/mol. The summed E-state index contributed by atoms with van der Waals surface area (Å²) < 4.78 is 0. The number of aliphatic carboxylic acids is 1. The zero-order chi connectivity index (χ0) is 16.3. The number of carboxylic acid groups (broad SMARTS) is 1. The van der Waals surface area contributed by atoms with Crippen molar-refractivity contribution in [1.82, 2.24) is 5.32 Å². The number of nitrogens with zero attached hydrogens (tertiary/aromatic N) is 1. The molecule has 2 N–H and O–H groups in total. The third-order valence-electron chi connectivity index (χ3n) is 3.65. The van der Waals surface area contributed by atoms with Crippen LogP contribution < -0.4 is 5.32 Å². The van der Waals surface area contributed by atoms with Gasteiger partial charge in [-0.1, -0.05) is 56.8 Å². The Bertz CT molecular complexity index is 618. The molecule has 2 rings (SSSR count). The summed E-state index contributed by atoms with van der Waals surface area (Å²) in [7, 11) is 0. The van der Waals surface area contributed by atoms with E-state index in [1.165, 1.54) is 5.56 Å². The first-order valence-corrected chi connectivity index (χ1v) is 8.44. The number of thioether (sulfide) groups is 1. The lowest BCUT2D eigenvalue weighted by Crippen LogP contribution is -2.29. The molecule has 1 unspecified atom stereocenters. The molecule has 22 heavy (non-hydrogen) atoms. The van der Waals surface area contributed by atoms with Crippen molar-refractivity contribution < 1.29 is 9.90 Å². The molecule has 1 aromatic carbocycles. The fraction of sp³-hybridized carbons (Fsp3) is 0.412. The van der Waals surface area contributed by atoms with Gasteiger partial charge < -0.3 is 10.4 Å². The van der Waals surface area contributed by atoms with Crippen LogP contribution in [0.25, 0.3) is 0 Å². The van der Waals surface area contributed by atoms with Crippen molar-refractivity contribution in [3.63, 3.8) is 0 Å². The van der Waals surface area contributed by atoms with Crippen LogP contribution in [0, 0.1) is 0 Å². The van der Waals surface area contributed by atoms with Crippen LogP contribution in [0.1, 0.15) is 50.8 Å². The molecule has 0 saturated heterocycles. The maximum atomic E-state index is 11.6. The minimum Gasteiger partial charge on any atom is -0.478 e. The minimum atomic E-state index is -0.924. The van der Waals surface area contributed by atoms with Crippen LogP contribution in [-0.4, -0.2) is 22.0 Å². The van der Waals surface area contributed by atoms with E-state index in [-0.39, 0.29) is 0 Å². The summed E-state index contributed by atoms with van der Waals surface area (Å²) in [5, 5.41) is 13.4. The molecule has 1 aliphatic rings. The topological polar surface area (TPSA) is 61.7 Å². The SMILES string of the molecule is CCSC1=NC(c2ccc(C(C)C)cc2)C(C(=O)O)=C(C)N1. The van der Waals surface area contributed by atoms with Crippen molar-refractivity contribution in [2.75, 3.05) is 5.75 Å². The summed E-state index contributed by atoms with van der Waals surface area (Å²) in [5.41, 5.74) is 3.13. The molecule has 0 aromatic heterocycles. The van der Waals surface area contributed by atoms with Gasteiger partial charge in [0.15, 0.2) is 5.17 Å². The smallest absolute Gasteiger partial charge is 0.335 e. The van der Waals surface area contributed by atoms with Gasteiger partial charge in [-0.25, -0.2) is 9.79 Å². The van der Waals surface area contributed by atoms with Gasteiger partial charge in [-0.15, -0.1) is 0 Å². The number of nitrogens with one attached hydrogen (secondary N) is 1. The first kappa shape index (κ1) is 16.6. The Morgan fingerprint density at radius 1 is 1.36 bits per heavy atom. The maximum absolute atomic E-state index is 11.6. The van der Waals surface area contributed by atoms with E-state index >= 15 is 0 Å². The van der Waals surface area contributed by atoms with E-state index < -0.39 is 12.0 Å². The molecule has 1 heterocycles. The molecular weight excluding hydrogens is 296 g/mol. The van der Waals surface area contributed by atoms with Crippen LogP contribution in [0.15, 0.2) is 40.5 Å². The van der Waals surface area contributed by atoms with Gasteiger partial charge in [-0.2, -0.15) is 0 Å². The van der Waals surface area contributed by atoms with Gasteiger partial charge in [0, 0.05) is 5.70 Å². The lowest BCUT2D eigenvalue weighted by Gasteiger charge is -2.24. The zero-order valence-corrected chi connectivity index (χ0v) is 14.2. The van der Waals surface area contributed by atoms with E-state index in [1.54, 1.807) is 18.7 Å². The summed E-state index contributed by atoms with van der Waals surface area (Å²) in [6.45, 7) is 8.12. The van der Waals surface area contributed by atoms with Crippen LogP contribution in [0.2, 0.25) is 0 Å². The second kappa shape index (κ2) is 7.01. The lowest BCUT2D eigenvalue weighted by atomic mass is 9.94. The fourth-order valence-electron chi connectivity index (χ4n) is 2.44. The summed E-state index contributed by atoms with van der Waals surface area (Å²) in [6, 6.07) is 7.63. The highest BCUT2D eigenvalue weighted by atomic mass is 32.2. The van der Waals surface area contributed by atoms with Crippen molar-refractivity contribution >= 4 is 22.9 Å². The lowest BCUT2D eigenvalue weighted by molar-refractivity contribution is -0.133. The van der Waals surface area contributed by atoms with Gasteiger partial charge in [0.05, 0.1) is 5.57 Å². The van der Waals surface area contributed by atoms with E-state index in [1.807, 2.05) is 19.1 Å². The van der Waals surface area contributed by atoms with Gasteiger partial charge in [-0.3, -0.25) is 0 Å². The first-order valence-electron chi connectivity index (χ1n) is 7.45. The normalized spacial score (nSPS) is 18.2. The molecule has 1 atom stereocenters. The van der Waals surface area contributed by atoms with Gasteiger partial charge in [0.1, 0.15) is 6.04 Å². The third-order valence-corrected chi connectivity index (χ3v) is 4.42. The molecule has 0 spiro atoms. The Kier molecular flexibility index (Phi) is 5.29. The fourth-order valence-corrected chi connectivity index (χ4v) is 3.12. The Labute approximate surface area is 135 Å². The van der Waals surface area contributed by atoms with Crippen LogP contribution in [0.5, 0.6) is 0 Å². The molecule has 0 amide bonds. The number of allylic oxidation sites excluding steroid dienone is 1. The van der Waals surface area contributed by atoms with Crippen molar-refractivity contribution in [3.05, 3.63) is 46.7 Å². The predicted octanol–water partition coefficient (Wildman–Crippen LogP) is 3.92. The van der Waals surface area contributed by atoms with Crippen molar-refractivity contribution in [3.8, 4) is 0 Å². The summed E-state index contributed by atoms with van der Waals surface area (Å²) in [5.74, 6) is 0.417. The molecule has 1 aliphatic heterocycles. The number of aliphatic imine (C=N–C) groups is 1. The van der Waals surface area contributed by atoms with Gasteiger partial charge >= 0.3 is 5.97 Å². The van der Waals surface area contributed by atoms with Crippen molar-refractivity contribution in [2.24, 2.45) is 4.99 Å². The summed E-state index contributed by atoms with van der Waals surface area (Å²) >= 11 is 1.59. The molecule has 1 aromatic rings. The Balaban J connectivity index is 2.42. The number of rotatable bonds is 4. The average Bonchev–Trinajstić information content (AvgIpc) is 2.46. The number of hydrogen-bond donors (Lipinski definition) is 2.